The molecule has 0 radical (unpaired) electrons. The third kappa shape index (κ3) is 11.5. The number of hydrogen-bond donors (Lipinski definition) is 3. The van der Waals surface area contributed by atoms with Gasteiger partial charge in [-0.2, -0.15) is 0 Å². The topological polar surface area (TPSA) is 189 Å². The summed E-state index contributed by atoms with van der Waals surface area (Å²) in [6, 6.07) is 19.8. The van der Waals surface area contributed by atoms with Crippen LogP contribution in [0.5, 0.6) is 5.88 Å². The van der Waals surface area contributed by atoms with Gasteiger partial charge < -0.3 is 44.9 Å². The van der Waals surface area contributed by atoms with E-state index in [0.717, 1.165) is 129 Å². The minimum Gasteiger partial charge on any atom is -0.475 e. The van der Waals surface area contributed by atoms with E-state index in [1.165, 1.54) is 23.3 Å². The van der Waals surface area contributed by atoms with E-state index in [2.05, 4.69) is 65.5 Å². The summed E-state index contributed by atoms with van der Waals surface area (Å²) in [6.07, 6.45) is 7.10. The number of aromatic nitrogens is 4. The molecule has 5 aromatic rings. The molecule has 1 spiro atoms. The highest BCUT2D eigenvalue weighted by Gasteiger charge is 2.45. The fourth-order valence-electron chi connectivity index (χ4n) is 12.2. The average molecular weight is 1020 g/mol. The SMILES string of the molecule is Cc1ccccc1-c1cc(N2CCC3(CC2)CN(CC2CC(N4CCC(CCOc5cc(C(C(=O)N6C[C@H](O)C[C@H]6C(=O)N[C@@H](C)c6ccc(-c7scnc7C)cc6)C(C)C)on5)CC4)C2)CCO3)c(N)nn1. The van der Waals surface area contributed by atoms with Crippen LogP contribution in [0.1, 0.15) is 107 Å². The van der Waals surface area contributed by atoms with Crippen molar-refractivity contribution in [2.75, 3.05) is 76.2 Å². The lowest BCUT2D eigenvalue weighted by atomic mass is 9.77. The van der Waals surface area contributed by atoms with E-state index < -0.39 is 18.1 Å². The minimum absolute atomic E-state index is 0.0744. The van der Waals surface area contributed by atoms with Crippen LogP contribution in [0.2, 0.25) is 0 Å². The van der Waals surface area contributed by atoms with Crippen LogP contribution in [-0.4, -0.2) is 141 Å². The molecular formula is C56H74N10O6S. The molecule has 3 aromatic heterocycles. The number of likely N-dealkylation sites (tertiary alicyclic amines) is 2. The number of morpholine rings is 1. The van der Waals surface area contributed by atoms with Crippen LogP contribution in [0.15, 0.2) is 70.7 Å². The second-order valence-electron chi connectivity index (χ2n) is 22.0. The van der Waals surface area contributed by atoms with Crippen molar-refractivity contribution in [2.24, 2.45) is 17.8 Å². The minimum atomic E-state index is -0.808. The molecule has 1 aliphatic carbocycles. The first-order chi connectivity index (χ1) is 35.3. The number of carbonyl (C=O) groups excluding carboxylic acids is 2. The monoisotopic (exact) mass is 1010 g/mol. The summed E-state index contributed by atoms with van der Waals surface area (Å²) in [5, 5.41) is 26.8. The quantitative estimate of drug-likeness (QED) is 0.0874. The number of amides is 2. The van der Waals surface area contributed by atoms with Crippen molar-refractivity contribution in [3.63, 3.8) is 0 Å². The van der Waals surface area contributed by atoms with Gasteiger partial charge in [0.15, 0.2) is 11.6 Å². The normalized spacial score (nSPS) is 23.7. The summed E-state index contributed by atoms with van der Waals surface area (Å²) in [5.41, 5.74) is 15.2. The molecule has 4 saturated heterocycles. The Morgan fingerprint density at radius 2 is 1.73 bits per heavy atom. The Hall–Kier alpha value is -5.46. The van der Waals surface area contributed by atoms with Crippen LogP contribution >= 0.6 is 11.3 Å². The number of nitrogen functional groups attached to an aromatic ring is 1. The van der Waals surface area contributed by atoms with Gasteiger partial charge in [-0.15, -0.1) is 21.5 Å². The van der Waals surface area contributed by atoms with Gasteiger partial charge in [-0.3, -0.25) is 14.5 Å². The third-order valence-electron chi connectivity index (χ3n) is 16.6. The summed E-state index contributed by atoms with van der Waals surface area (Å²) >= 11 is 1.60. The van der Waals surface area contributed by atoms with E-state index >= 15 is 0 Å². The number of β-amino-alcohol motifs (C(OH)–C–C–N with tert-alkyl or cyclic N) is 1. The number of thiazole rings is 1. The molecule has 390 valence electrons. The lowest BCUT2D eigenvalue weighted by Crippen LogP contribution is -2.58. The number of nitrogens with one attached hydrogen (secondary N) is 1. The van der Waals surface area contributed by atoms with E-state index in [0.29, 0.717) is 36.0 Å². The number of aliphatic hydroxyl groups excluding tert-OH is 1. The molecule has 7 heterocycles. The summed E-state index contributed by atoms with van der Waals surface area (Å²) in [4.78, 5) is 42.8. The lowest BCUT2D eigenvalue weighted by Gasteiger charge is -2.50. The first-order valence-corrected chi connectivity index (χ1v) is 27.6. The number of hydrogen-bond acceptors (Lipinski definition) is 15. The molecule has 17 heteroatoms. The zero-order valence-corrected chi connectivity index (χ0v) is 44.1. The van der Waals surface area contributed by atoms with Gasteiger partial charge in [-0.25, -0.2) is 4.98 Å². The number of nitrogens with two attached hydrogens (primary N) is 1. The van der Waals surface area contributed by atoms with Gasteiger partial charge in [0, 0.05) is 63.4 Å². The van der Waals surface area contributed by atoms with E-state index in [4.69, 9.17) is 19.7 Å². The zero-order chi connectivity index (χ0) is 50.8. The second kappa shape index (κ2) is 22.2. The predicted molar refractivity (Wildman–Crippen MR) is 283 cm³/mol. The number of anilines is 2. The Kier molecular flexibility index (Phi) is 15.5. The first kappa shape index (κ1) is 51.0. The van der Waals surface area contributed by atoms with E-state index in [1.54, 1.807) is 17.4 Å². The fourth-order valence-corrected chi connectivity index (χ4v) is 13.0. The zero-order valence-electron chi connectivity index (χ0n) is 43.2. The molecular weight excluding hydrogens is 941 g/mol. The van der Waals surface area contributed by atoms with Gasteiger partial charge >= 0.3 is 0 Å². The molecule has 5 fully saturated rings. The molecule has 0 bridgehead atoms. The fraction of sp³-hybridized carbons (Fsp3) is 0.571. The van der Waals surface area contributed by atoms with Gasteiger partial charge in [-0.05, 0) is 124 Å². The number of aliphatic hydroxyl groups is 1. The Balaban J connectivity index is 0.638. The van der Waals surface area contributed by atoms with Gasteiger partial charge in [0.25, 0.3) is 5.88 Å². The number of ether oxygens (including phenoxy) is 2. The molecule has 73 heavy (non-hydrogen) atoms. The van der Waals surface area contributed by atoms with Crippen LogP contribution in [0.4, 0.5) is 11.5 Å². The molecule has 10 rings (SSSR count). The van der Waals surface area contributed by atoms with Crippen LogP contribution in [0, 0.1) is 31.6 Å². The van der Waals surface area contributed by atoms with Gasteiger partial charge in [-0.1, -0.05) is 62.4 Å². The van der Waals surface area contributed by atoms with Gasteiger partial charge in [0.05, 0.1) is 58.4 Å². The largest absolute Gasteiger partial charge is 0.475 e. The van der Waals surface area contributed by atoms with Crippen LogP contribution in [0.25, 0.3) is 21.7 Å². The first-order valence-electron chi connectivity index (χ1n) is 26.7. The molecule has 1 saturated carbocycles. The Morgan fingerprint density at radius 1 is 0.959 bits per heavy atom. The number of aryl methyl sites for hydroxylation is 2. The second-order valence-corrected chi connectivity index (χ2v) is 22.8. The van der Waals surface area contributed by atoms with Crippen molar-refractivity contribution in [1.82, 2.24) is 40.4 Å². The standard InChI is InChI=1S/C56H74N10O6S/c1-35(2)51(55(69)66-32-44(67)28-48(66)54(68)59-37(4)41-10-12-42(13-11-41)52-38(5)58-34-73-52)49-30-50(62-72-49)70-24-16-39-14-19-64(20-15-39)43-26-40(27-43)31-63-23-25-71-56(33-63)17-21-65(22-18-56)47-29-46(60-61-53(47)57)45-9-7-6-8-36(45)3/h6-13,29-30,34-35,37,39-40,43-44,48,51,67H,14-28,31-33H2,1-5H3,(H2,57,61)(H,59,68)/t37-,40?,43?,44+,48-,51?/m0/s1. The smallest absolute Gasteiger partial charge is 0.254 e. The lowest BCUT2D eigenvalue weighted by molar-refractivity contribution is -0.141. The highest BCUT2D eigenvalue weighted by atomic mass is 32.1. The Labute approximate surface area is 434 Å². The summed E-state index contributed by atoms with van der Waals surface area (Å²) in [7, 11) is 0. The number of nitrogens with zero attached hydrogens (tertiary/aromatic N) is 8. The van der Waals surface area contributed by atoms with Crippen LogP contribution in [-0.2, 0) is 14.3 Å². The highest BCUT2D eigenvalue weighted by Crippen LogP contribution is 2.40. The molecule has 4 aliphatic heterocycles. The molecule has 4 N–H and O–H groups in total. The van der Waals surface area contributed by atoms with Gasteiger partial charge in [0.2, 0.25) is 11.8 Å². The van der Waals surface area contributed by atoms with Crippen molar-refractivity contribution in [3.8, 4) is 27.6 Å². The molecule has 2 aromatic carbocycles. The third-order valence-corrected chi connectivity index (χ3v) is 17.6. The number of rotatable bonds is 16. The maximum Gasteiger partial charge on any atom is 0.254 e. The summed E-state index contributed by atoms with van der Waals surface area (Å²) in [5.74, 6) is 1.17. The molecule has 4 atom stereocenters. The maximum absolute atomic E-state index is 14.3. The highest BCUT2D eigenvalue weighted by molar-refractivity contribution is 7.13. The van der Waals surface area contributed by atoms with E-state index in [9.17, 15) is 14.7 Å². The van der Waals surface area contributed by atoms with Crippen molar-refractivity contribution >= 4 is 34.7 Å². The molecule has 5 aliphatic rings. The predicted octanol–water partition coefficient (Wildman–Crippen LogP) is 7.66. The Morgan fingerprint density at radius 3 is 2.45 bits per heavy atom. The van der Waals surface area contributed by atoms with E-state index in [1.807, 2.05) is 69.6 Å². The molecule has 1 unspecified atom stereocenters. The summed E-state index contributed by atoms with van der Waals surface area (Å²) < 4.78 is 18.5. The average Bonchev–Trinajstić information content (AvgIpc) is 4.13. The number of benzene rings is 2. The van der Waals surface area contributed by atoms with Crippen molar-refractivity contribution in [1.29, 1.82) is 0 Å². The molecule has 16 nitrogen and oxygen atoms in total. The molecule has 2 amide bonds. The van der Waals surface area contributed by atoms with E-state index in [-0.39, 0.29) is 42.3 Å². The van der Waals surface area contributed by atoms with Crippen molar-refractivity contribution in [3.05, 3.63) is 88.8 Å². The number of piperidine rings is 2. The van der Waals surface area contributed by atoms with Crippen molar-refractivity contribution < 1.29 is 28.7 Å². The van der Waals surface area contributed by atoms with Gasteiger partial charge in [0.1, 0.15) is 12.0 Å². The van der Waals surface area contributed by atoms with Crippen molar-refractivity contribution in [2.45, 2.75) is 122 Å². The van der Waals surface area contributed by atoms with Crippen LogP contribution in [0.3, 0.4) is 0 Å². The number of carbonyl (C=O) groups is 2. The maximum atomic E-state index is 14.3. The van der Waals surface area contributed by atoms with Crippen LogP contribution < -0.4 is 20.7 Å². The summed E-state index contributed by atoms with van der Waals surface area (Å²) in [6.45, 7) is 18.5. The Bertz CT molecular complexity index is 2670.